The molecule has 0 radical (unpaired) electrons. The van der Waals surface area contributed by atoms with Crippen LogP contribution in [0.2, 0.25) is 0 Å². The number of carbonyl (C=O) groups excluding carboxylic acids is 1. The predicted molar refractivity (Wildman–Crippen MR) is 64.3 cm³/mol. The van der Waals surface area contributed by atoms with Gasteiger partial charge < -0.3 is 10.8 Å². The van der Waals surface area contributed by atoms with Crippen molar-refractivity contribution in [1.29, 1.82) is 0 Å². The number of carboxylic acid groups (broad SMARTS) is 1. The monoisotopic (exact) mass is 240 g/mol. The van der Waals surface area contributed by atoms with Crippen molar-refractivity contribution >= 4 is 11.9 Å². The molecule has 5 nitrogen and oxygen atoms in total. The van der Waals surface area contributed by atoms with Gasteiger partial charge in [0.1, 0.15) is 0 Å². The van der Waals surface area contributed by atoms with Crippen molar-refractivity contribution in [3.63, 3.8) is 0 Å². The minimum Gasteiger partial charge on any atom is -0.478 e. The summed E-state index contributed by atoms with van der Waals surface area (Å²) in [5.74, 6) is -1.30. The van der Waals surface area contributed by atoms with Crippen LogP contribution in [0.3, 0.4) is 0 Å². The summed E-state index contributed by atoms with van der Waals surface area (Å²) in [4.78, 5) is 23.8. The Kier molecular flexibility index (Phi) is 4.69. The largest absolute Gasteiger partial charge is 0.478 e. The molecule has 0 aromatic carbocycles. The highest BCUT2D eigenvalue weighted by molar-refractivity contribution is 5.80. The van der Waals surface area contributed by atoms with Gasteiger partial charge in [-0.1, -0.05) is 5.57 Å². The highest BCUT2D eigenvalue weighted by Gasteiger charge is 2.28. The van der Waals surface area contributed by atoms with E-state index in [-0.39, 0.29) is 11.8 Å². The number of hydrogen-bond acceptors (Lipinski definition) is 3. The second-order valence-electron chi connectivity index (χ2n) is 4.78. The van der Waals surface area contributed by atoms with Gasteiger partial charge in [0.05, 0.1) is 5.92 Å². The van der Waals surface area contributed by atoms with E-state index < -0.39 is 5.97 Å². The number of amides is 1. The smallest absolute Gasteiger partial charge is 0.328 e. The molecule has 17 heavy (non-hydrogen) atoms. The summed E-state index contributed by atoms with van der Waals surface area (Å²) in [6.45, 7) is 5.08. The van der Waals surface area contributed by atoms with Crippen molar-refractivity contribution in [1.82, 2.24) is 4.90 Å². The quantitative estimate of drug-likeness (QED) is 0.705. The van der Waals surface area contributed by atoms with Gasteiger partial charge in [0.2, 0.25) is 5.91 Å². The minimum absolute atomic E-state index is 0.108. The summed E-state index contributed by atoms with van der Waals surface area (Å²) in [6.07, 6.45) is 2.96. The van der Waals surface area contributed by atoms with Crippen molar-refractivity contribution in [2.45, 2.75) is 32.7 Å². The van der Waals surface area contributed by atoms with Crippen molar-refractivity contribution in [2.75, 3.05) is 13.1 Å². The second-order valence-corrected chi connectivity index (χ2v) is 4.78. The molecular weight excluding hydrogens is 220 g/mol. The Morgan fingerprint density at radius 1 is 1.47 bits per heavy atom. The maximum Gasteiger partial charge on any atom is 0.328 e. The number of aliphatic carboxylic acids is 1. The van der Waals surface area contributed by atoms with E-state index >= 15 is 0 Å². The van der Waals surface area contributed by atoms with Crippen molar-refractivity contribution in [3.05, 3.63) is 11.6 Å². The average molecular weight is 240 g/mol. The van der Waals surface area contributed by atoms with Gasteiger partial charge in [-0.15, -0.1) is 0 Å². The van der Waals surface area contributed by atoms with Gasteiger partial charge in [-0.3, -0.25) is 9.69 Å². The number of nitrogens with two attached hydrogens (primary N) is 1. The lowest BCUT2D eigenvalue weighted by Crippen LogP contribution is -2.46. The molecule has 0 spiro atoms. The lowest BCUT2D eigenvalue weighted by Gasteiger charge is -2.37. The third-order valence-electron chi connectivity index (χ3n) is 3.24. The Labute approximate surface area is 101 Å². The van der Waals surface area contributed by atoms with Crippen LogP contribution in [0.1, 0.15) is 26.7 Å². The molecular formula is C12H20N2O3. The SMILES string of the molecule is CC(=CC(=O)O)CN1CC(C(N)=O)CCC1C. The number of piperidine rings is 1. The molecule has 1 rings (SSSR count). The molecule has 1 amide bonds. The first-order valence-corrected chi connectivity index (χ1v) is 5.83. The molecule has 1 fully saturated rings. The molecule has 2 atom stereocenters. The molecule has 1 aliphatic rings. The van der Waals surface area contributed by atoms with Crippen LogP contribution in [0.4, 0.5) is 0 Å². The van der Waals surface area contributed by atoms with Crippen molar-refractivity contribution in [2.24, 2.45) is 11.7 Å². The van der Waals surface area contributed by atoms with Crippen LogP contribution in [0.25, 0.3) is 0 Å². The normalized spacial score (nSPS) is 26.8. The van der Waals surface area contributed by atoms with E-state index in [0.29, 0.717) is 19.1 Å². The van der Waals surface area contributed by atoms with Gasteiger partial charge >= 0.3 is 5.97 Å². The number of primary amides is 1. The van der Waals surface area contributed by atoms with Gasteiger partial charge in [-0.2, -0.15) is 0 Å². The van der Waals surface area contributed by atoms with E-state index in [9.17, 15) is 9.59 Å². The third kappa shape index (κ3) is 4.19. The van der Waals surface area contributed by atoms with E-state index in [4.69, 9.17) is 10.8 Å². The highest BCUT2D eigenvalue weighted by Crippen LogP contribution is 2.22. The van der Waals surface area contributed by atoms with E-state index in [0.717, 1.165) is 18.4 Å². The lowest BCUT2D eigenvalue weighted by molar-refractivity contribution is -0.131. The van der Waals surface area contributed by atoms with Crippen molar-refractivity contribution in [3.8, 4) is 0 Å². The van der Waals surface area contributed by atoms with E-state index in [1.807, 2.05) is 0 Å². The van der Waals surface area contributed by atoms with Crippen LogP contribution in [0.15, 0.2) is 11.6 Å². The minimum atomic E-state index is -0.932. The van der Waals surface area contributed by atoms with Crippen LogP contribution in [0.5, 0.6) is 0 Å². The first-order valence-electron chi connectivity index (χ1n) is 5.83. The Morgan fingerprint density at radius 2 is 2.12 bits per heavy atom. The maximum absolute atomic E-state index is 11.2. The highest BCUT2D eigenvalue weighted by atomic mass is 16.4. The molecule has 1 heterocycles. The molecule has 0 aromatic heterocycles. The van der Waals surface area contributed by atoms with Crippen LogP contribution in [-0.4, -0.2) is 41.0 Å². The number of nitrogens with zero attached hydrogens (tertiary/aromatic N) is 1. The zero-order chi connectivity index (χ0) is 13.0. The first-order chi connectivity index (χ1) is 7.90. The molecule has 2 unspecified atom stereocenters. The van der Waals surface area contributed by atoms with Crippen LogP contribution < -0.4 is 5.73 Å². The summed E-state index contributed by atoms with van der Waals surface area (Å²) < 4.78 is 0. The molecule has 5 heteroatoms. The Morgan fingerprint density at radius 3 is 2.65 bits per heavy atom. The Hall–Kier alpha value is -1.36. The molecule has 3 N–H and O–H groups in total. The summed E-state index contributed by atoms with van der Waals surface area (Å²) in [5, 5.41) is 8.65. The molecule has 0 bridgehead atoms. The Balaban J connectivity index is 2.62. The van der Waals surface area contributed by atoms with Gasteiger partial charge in [0.25, 0.3) is 0 Å². The topological polar surface area (TPSA) is 83.6 Å². The molecule has 0 aromatic rings. The predicted octanol–water partition coefficient (Wildman–Crippen LogP) is 0.603. The summed E-state index contributed by atoms with van der Waals surface area (Å²) >= 11 is 0. The number of carboxylic acids is 1. The fourth-order valence-corrected chi connectivity index (χ4v) is 2.21. The number of rotatable bonds is 4. The fourth-order valence-electron chi connectivity index (χ4n) is 2.21. The zero-order valence-corrected chi connectivity index (χ0v) is 10.3. The first kappa shape index (κ1) is 13.7. The number of hydrogen-bond donors (Lipinski definition) is 2. The lowest BCUT2D eigenvalue weighted by atomic mass is 9.92. The summed E-state index contributed by atoms with van der Waals surface area (Å²) in [7, 11) is 0. The number of carbonyl (C=O) groups is 2. The number of likely N-dealkylation sites (tertiary alicyclic amines) is 1. The van der Waals surface area contributed by atoms with Crippen LogP contribution >= 0.6 is 0 Å². The average Bonchev–Trinajstić information content (AvgIpc) is 2.19. The van der Waals surface area contributed by atoms with Gasteiger partial charge in [-0.05, 0) is 26.7 Å². The molecule has 96 valence electrons. The van der Waals surface area contributed by atoms with Gasteiger partial charge in [0.15, 0.2) is 0 Å². The van der Waals surface area contributed by atoms with E-state index in [1.54, 1.807) is 6.92 Å². The summed E-state index contributed by atoms with van der Waals surface area (Å²) in [6, 6.07) is 0.364. The molecule has 0 saturated carbocycles. The van der Waals surface area contributed by atoms with Gasteiger partial charge in [-0.25, -0.2) is 4.79 Å². The molecule has 0 aliphatic carbocycles. The Bertz CT molecular complexity index is 339. The standard InChI is InChI=1S/C12H20N2O3/c1-8(5-11(15)16)6-14-7-10(12(13)17)4-3-9(14)2/h5,9-10H,3-4,6-7H2,1-2H3,(H2,13,17)(H,15,16). The van der Waals surface area contributed by atoms with E-state index in [1.165, 1.54) is 6.08 Å². The van der Waals surface area contributed by atoms with Crippen LogP contribution in [-0.2, 0) is 9.59 Å². The zero-order valence-electron chi connectivity index (χ0n) is 10.3. The fraction of sp³-hybridized carbons (Fsp3) is 0.667. The van der Waals surface area contributed by atoms with Crippen LogP contribution in [0, 0.1) is 5.92 Å². The second kappa shape index (κ2) is 5.82. The van der Waals surface area contributed by atoms with E-state index in [2.05, 4.69) is 11.8 Å². The van der Waals surface area contributed by atoms with Crippen molar-refractivity contribution < 1.29 is 14.7 Å². The van der Waals surface area contributed by atoms with Gasteiger partial charge in [0, 0.05) is 25.2 Å². The molecule has 1 aliphatic heterocycles. The maximum atomic E-state index is 11.2. The summed E-state index contributed by atoms with van der Waals surface area (Å²) in [5.41, 5.74) is 6.10. The molecule has 1 saturated heterocycles. The third-order valence-corrected chi connectivity index (χ3v) is 3.24.